The van der Waals surface area contributed by atoms with Crippen molar-refractivity contribution in [2.45, 2.75) is 26.9 Å². The van der Waals surface area contributed by atoms with Crippen molar-refractivity contribution >= 4 is 0 Å². The van der Waals surface area contributed by atoms with Crippen LogP contribution < -0.4 is 0 Å². The van der Waals surface area contributed by atoms with Gasteiger partial charge in [-0.25, -0.2) is 4.39 Å². The van der Waals surface area contributed by atoms with Crippen LogP contribution in [0.2, 0.25) is 0 Å². The molecule has 0 atom stereocenters. The Morgan fingerprint density at radius 2 is 2.08 bits per heavy atom. The van der Waals surface area contributed by atoms with Crippen molar-refractivity contribution in [3.63, 3.8) is 0 Å². The molecule has 0 radical (unpaired) electrons. The highest BCUT2D eigenvalue weighted by molar-refractivity contribution is 5.26. The summed E-state index contributed by atoms with van der Waals surface area (Å²) in [6, 6.07) is 0. The molecule has 1 rings (SSSR count). The minimum absolute atomic E-state index is 0.320. The van der Waals surface area contributed by atoms with Crippen LogP contribution in [0, 0.1) is 5.41 Å². The van der Waals surface area contributed by atoms with E-state index >= 15 is 0 Å². The smallest absolute Gasteiger partial charge is 0.387 e. The third-order valence-corrected chi connectivity index (χ3v) is 1.78. The normalized spacial score (nSPS) is 21.1. The Labute approximate surface area is 74.9 Å². The number of halogens is 3. The van der Waals surface area contributed by atoms with Gasteiger partial charge in [-0.1, -0.05) is 13.8 Å². The quantitative estimate of drug-likeness (QED) is 0.651. The van der Waals surface area contributed by atoms with Gasteiger partial charge in [0.1, 0.15) is 0 Å². The standard InChI is InChI=1S/C9H11F3O/c1-9(2)4-3-7(6(10)5-9)13-8(11)12/h3,5,8H,4H2,1-2H3. The summed E-state index contributed by atoms with van der Waals surface area (Å²) in [5, 5.41) is 0. The predicted molar refractivity (Wildman–Crippen MR) is 42.8 cm³/mol. The summed E-state index contributed by atoms with van der Waals surface area (Å²) in [6.45, 7) is 0.677. The van der Waals surface area contributed by atoms with Crippen LogP contribution in [0.5, 0.6) is 0 Å². The molecular formula is C9H11F3O. The van der Waals surface area contributed by atoms with E-state index < -0.39 is 12.4 Å². The van der Waals surface area contributed by atoms with Crippen molar-refractivity contribution in [1.82, 2.24) is 0 Å². The maximum atomic E-state index is 13.0. The Bertz CT molecular complexity index is 254. The van der Waals surface area contributed by atoms with Crippen molar-refractivity contribution < 1.29 is 17.9 Å². The van der Waals surface area contributed by atoms with Gasteiger partial charge in [-0.2, -0.15) is 8.78 Å². The molecule has 0 aromatic rings. The van der Waals surface area contributed by atoms with Gasteiger partial charge in [0, 0.05) is 0 Å². The highest BCUT2D eigenvalue weighted by Gasteiger charge is 2.24. The van der Waals surface area contributed by atoms with Gasteiger partial charge in [-0.15, -0.1) is 0 Å². The van der Waals surface area contributed by atoms with Crippen molar-refractivity contribution in [2.24, 2.45) is 5.41 Å². The molecule has 74 valence electrons. The van der Waals surface area contributed by atoms with Crippen LogP contribution in [0.15, 0.2) is 23.7 Å². The third kappa shape index (κ3) is 2.79. The summed E-state index contributed by atoms with van der Waals surface area (Å²) >= 11 is 0. The van der Waals surface area contributed by atoms with E-state index in [0.29, 0.717) is 6.42 Å². The molecule has 0 spiro atoms. The van der Waals surface area contributed by atoms with Gasteiger partial charge < -0.3 is 4.74 Å². The highest BCUT2D eigenvalue weighted by atomic mass is 19.3. The van der Waals surface area contributed by atoms with E-state index in [1.807, 2.05) is 13.8 Å². The van der Waals surface area contributed by atoms with E-state index in [4.69, 9.17) is 0 Å². The lowest BCUT2D eigenvalue weighted by Gasteiger charge is -2.23. The Hall–Kier alpha value is -0.930. The second-order valence-electron chi connectivity index (χ2n) is 3.63. The summed E-state index contributed by atoms with van der Waals surface area (Å²) in [4.78, 5) is 0. The van der Waals surface area contributed by atoms with E-state index in [1.54, 1.807) is 0 Å². The molecule has 0 bridgehead atoms. The van der Waals surface area contributed by atoms with E-state index in [2.05, 4.69) is 4.74 Å². The Kier molecular flexibility index (Phi) is 2.68. The molecule has 1 aliphatic carbocycles. The number of hydrogen-bond donors (Lipinski definition) is 0. The molecule has 0 N–H and O–H groups in total. The molecule has 0 saturated heterocycles. The second kappa shape index (κ2) is 3.44. The van der Waals surface area contributed by atoms with Gasteiger partial charge in [0.2, 0.25) is 0 Å². The molecule has 1 aliphatic rings. The minimum Gasteiger partial charge on any atom is -0.432 e. The molecule has 0 aromatic heterocycles. The molecule has 0 amide bonds. The lowest BCUT2D eigenvalue weighted by Crippen LogP contribution is -2.13. The van der Waals surface area contributed by atoms with Crippen LogP contribution in [0.25, 0.3) is 0 Å². The monoisotopic (exact) mass is 192 g/mol. The fourth-order valence-corrected chi connectivity index (χ4v) is 1.13. The molecule has 0 saturated carbocycles. The lowest BCUT2D eigenvalue weighted by atomic mass is 9.85. The van der Waals surface area contributed by atoms with E-state index in [0.717, 1.165) is 0 Å². The van der Waals surface area contributed by atoms with Gasteiger partial charge in [0.15, 0.2) is 11.6 Å². The maximum absolute atomic E-state index is 13.0. The minimum atomic E-state index is -2.97. The van der Waals surface area contributed by atoms with E-state index in [9.17, 15) is 13.2 Å². The number of ether oxygens (including phenoxy) is 1. The molecule has 0 aromatic carbocycles. The van der Waals surface area contributed by atoms with Crippen LogP contribution >= 0.6 is 0 Å². The summed E-state index contributed by atoms with van der Waals surface area (Å²) in [6.07, 6.45) is 3.15. The van der Waals surface area contributed by atoms with Crippen LogP contribution in [0.1, 0.15) is 20.3 Å². The first-order valence-corrected chi connectivity index (χ1v) is 3.94. The van der Waals surface area contributed by atoms with Crippen LogP contribution in [0.3, 0.4) is 0 Å². The van der Waals surface area contributed by atoms with Crippen LogP contribution in [-0.2, 0) is 4.74 Å². The molecule has 0 heterocycles. The summed E-state index contributed by atoms with van der Waals surface area (Å²) in [5.41, 5.74) is -0.320. The molecule has 0 fully saturated rings. The average Bonchev–Trinajstić information content (AvgIpc) is 1.93. The van der Waals surface area contributed by atoms with Crippen molar-refractivity contribution in [3.05, 3.63) is 23.7 Å². The first-order chi connectivity index (χ1) is 5.91. The SMILES string of the molecule is CC1(C)C=C(F)C(OC(F)F)=CC1. The van der Waals surface area contributed by atoms with E-state index in [-0.39, 0.29) is 11.2 Å². The van der Waals surface area contributed by atoms with Gasteiger partial charge in [0.05, 0.1) is 0 Å². The zero-order valence-electron chi connectivity index (χ0n) is 7.48. The topological polar surface area (TPSA) is 9.23 Å². The summed E-state index contributed by atoms with van der Waals surface area (Å²) < 4.78 is 40.5. The molecule has 0 aliphatic heterocycles. The van der Waals surface area contributed by atoms with E-state index in [1.165, 1.54) is 12.2 Å². The van der Waals surface area contributed by atoms with Crippen LogP contribution in [0.4, 0.5) is 13.2 Å². The van der Waals surface area contributed by atoms with Crippen LogP contribution in [-0.4, -0.2) is 6.61 Å². The number of alkyl halides is 2. The second-order valence-corrected chi connectivity index (χ2v) is 3.63. The first kappa shape index (κ1) is 10.2. The lowest BCUT2D eigenvalue weighted by molar-refractivity contribution is -0.0963. The largest absolute Gasteiger partial charge is 0.432 e. The molecule has 4 heteroatoms. The first-order valence-electron chi connectivity index (χ1n) is 3.94. The third-order valence-electron chi connectivity index (χ3n) is 1.78. The molecule has 13 heavy (non-hydrogen) atoms. The maximum Gasteiger partial charge on any atom is 0.387 e. The zero-order chi connectivity index (χ0) is 10.1. The number of rotatable bonds is 2. The Morgan fingerprint density at radius 1 is 1.46 bits per heavy atom. The molecular weight excluding hydrogens is 181 g/mol. The van der Waals surface area contributed by atoms with Gasteiger partial charge in [-0.05, 0) is 24.0 Å². The van der Waals surface area contributed by atoms with Gasteiger partial charge in [-0.3, -0.25) is 0 Å². The summed E-state index contributed by atoms with van der Waals surface area (Å²) in [7, 11) is 0. The van der Waals surface area contributed by atoms with Gasteiger partial charge >= 0.3 is 6.61 Å². The fourth-order valence-electron chi connectivity index (χ4n) is 1.13. The predicted octanol–water partition coefficient (Wildman–Crippen LogP) is 3.39. The molecule has 0 unspecified atom stereocenters. The summed E-state index contributed by atoms with van der Waals surface area (Å²) in [5.74, 6) is -1.06. The number of hydrogen-bond acceptors (Lipinski definition) is 1. The van der Waals surface area contributed by atoms with Crippen molar-refractivity contribution in [2.75, 3.05) is 0 Å². The average molecular weight is 192 g/mol. The zero-order valence-corrected chi connectivity index (χ0v) is 7.48. The molecule has 1 nitrogen and oxygen atoms in total. The highest BCUT2D eigenvalue weighted by Crippen LogP contribution is 2.33. The fraction of sp³-hybridized carbons (Fsp3) is 0.556. The number of allylic oxidation sites excluding steroid dienone is 3. The Balaban J connectivity index is 2.72. The van der Waals surface area contributed by atoms with Crippen molar-refractivity contribution in [3.8, 4) is 0 Å². The van der Waals surface area contributed by atoms with Gasteiger partial charge in [0.25, 0.3) is 0 Å². The van der Waals surface area contributed by atoms with Crippen molar-refractivity contribution in [1.29, 1.82) is 0 Å². The Morgan fingerprint density at radius 3 is 2.54 bits per heavy atom.